The molecule has 0 bridgehead atoms. The number of hydrogen-bond acceptors (Lipinski definition) is 4. The monoisotopic (exact) mass is 206 g/mol. The van der Waals surface area contributed by atoms with Crippen LogP contribution in [-0.4, -0.2) is 36.9 Å². The minimum Gasteiger partial charge on any atom is -0.373 e. The van der Waals surface area contributed by atoms with Gasteiger partial charge in [0, 0.05) is 11.5 Å². The maximum Gasteiger partial charge on any atom is 0.0818 e. The van der Waals surface area contributed by atoms with Crippen molar-refractivity contribution in [2.45, 2.75) is 25.0 Å². The highest BCUT2D eigenvalue weighted by Crippen LogP contribution is 2.28. The summed E-state index contributed by atoms with van der Waals surface area (Å²) in [6.45, 7) is 2.00. The molecule has 0 aliphatic carbocycles. The zero-order valence-electron chi connectivity index (χ0n) is 7.03. The molecule has 70 valence electrons. The summed E-state index contributed by atoms with van der Waals surface area (Å²) >= 11 is 0. The van der Waals surface area contributed by atoms with E-state index in [0.717, 1.165) is 13.2 Å². The molecule has 4 heteroatoms. The largest absolute Gasteiger partial charge is 0.373 e. The molecule has 2 nitrogen and oxygen atoms in total. The van der Waals surface area contributed by atoms with Gasteiger partial charge in [0.05, 0.1) is 25.4 Å². The summed E-state index contributed by atoms with van der Waals surface area (Å²) in [4.78, 5) is 0. The minimum atomic E-state index is 0.602. The summed E-state index contributed by atoms with van der Waals surface area (Å²) in [5, 5.41) is 0. The van der Waals surface area contributed by atoms with Crippen molar-refractivity contribution in [2.75, 3.05) is 24.7 Å². The van der Waals surface area contributed by atoms with E-state index in [-0.39, 0.29) is 0 Å². The molecule has 0 saturated carbocycles. The van der Waals surface area contributed by atoms with Crippen molar-refractivity contribution in [2.24, 2.45) is 0 Å². The maximum atomic E-state index is 5.12. The van der Waals surface area contributed by atoms with Crippen molar-refractivity contribution in [1.29, 1.82) is 0 Å². The molecule has 12 heavy (non-hydrogen) atoms. The first-order valence-corrected chi connectivity index (χ1v) is 6.91. The summed E-state index contributed by atoms with van der Waals surface area (Å²) in [5.41, 5.74) is 0. The second kappa shape index (κ2) is 4.74. The lowest BCUT2D eigenvalue weighted by molar-refractivity contribution is 0.404. The van der Waals surface area contributed by atoms with E-state index < -0.39 is 0 Å². The molecule has 2 aliphatic heterocycles. The van der Waals surface area contributed by atoms with E-state index in [9.17, 15) is 0 Å². The van der Waals surface area contributed by atoms with Gasteiger partial charge in [-0.3, -0.25) is 0 Å². The van der Waals surface area contributed by atoms with Crippen molar-refractivity contribution in [3.63, 3.8) is 0 Å². The number of hydrogen-bond donors (Lipinski definition) is 0. The molecule has 2 atom stereocenters. The third-order valence-electron chi connectivity index (χ3n) is 1.93. The van der Waals surface area contributed by atoms with Gasteiger partial charge < -0.3 is 9.47 Å². The Hall–Kier alpha value is 0.620. The summed E-state index contributed by atoms with van der Waals surface area (Å²) in [5.74, 6) is 2.47. The van der Waals surface area contributed by atoms with E-state index in [0.29, 0.717) is 12.2 Å². The number of ether oxygens (including phenoxy) is 2. The van der Waals surface area contributed by atoms with E-state index in [1.807, 2.05) is 21.6 Å². The van der Waals surface area contributed by atoms with Crippen LogP contribution in [0.2, 0.25) is 0 Å². The van der Waals surface area contributed by atoms with Crippen LogP contribution in [0.25, 0.3) is 0 Å². The van der Waals surface area contributed by atoms with Gasteiger partial charge in [0.1, 0.15) is 0 Å². The molecule has 2 heterocycles. The lowest BCUT2D eigenvalue weighted by Gasteiger charge is -1.97. The summed E-state index contributed by atoms with van der Waals surface area (Å²) < 4.78 is 10.2. The average Bonchev–Trinajstić information content (AvgIpc) is 2.89. The Labute approximate surface area is 81.2 Å². The van der Waals surface area contributed by atoms with Crippen molar-refractivity contribution in [3.05, 3.63) is 0 Å². The van der Waals surface area contributed by atoms with Crippen LogP contribution in [0.3, 0.4) is 0 Å². The van der Waals surface area contributed by atoms with Crippen molar-refractivity contribution < 1.29 is 9.47 Å². The van der Waals surface area contributed by atoms with Crippen molar-refractivity contribution in [1.82, 2.24) is 0 Å². The Morgan fingerprint density at radius 2 is 1.33 bits per heavy atom. The second-order valence-electron chi connectivity index (χ2n) is 3.13. The SMILES string of the molecule is C(CC1CO1)SSCCC1CO1. The third kappa shape index (κ3) is 4.03. The molecule has 0 aromatic rings. The third-order valence-corrected chi connectivity index (χ3v) is 4.41. The van der Waals surface area contributed by atoms with Crippen LogP contribution in [0.4, 0.5) is 0 Å². The lowest BCUT2D eigenvalue weighted by Crippen LogP contribution is -1.88. The van der Waals surface area contributed by atoms with Crippen LogP contribution in [0.15, 0.2) is 0 Å². The first-order chi connectivity index (χ1) is 5.95. The zero-order valence-corrected chi connectivity index (χ0v) is 8.66. The Bertz CT molecular complexity index is 119. The molecule has 0 amide bonds. The fraction of sp³-hybridized carbons (Fsp3) is 1.00. The molecule has 2 unspecified atom stereocenters. The van der Waals surface area contributed by atoms with Crippen LogP contribution in [0.1, 0.15) is 12.8 Å². The highest BCUT2D eigenvalue weighted by molar-refractivity contribution is 8.76. The highest BCUT2D eigenvalue weighted by atomic mass is 33.1. The Morgan fingerprint density at radius 1 is 0.917 bits per heavy atom. The quantitative estimate of drug-likeness (QED) is 0.361. The van der Waals surface area contributed by atoms with Crippen LogP contribution in [0, 0.1) is 0 Å². The molecule has 2 fully saturated rings. The van der Waals surface area contributed by atoms with Crippen LogP contribution >= 0.6 is 21.6 Å². The fourth-order valence-electron chi connectivity index (χ4n) is 0.946. The fourth-order valence-corrected chi connectivity index (χ4v) is 3.18. The topological polar surface area (TPSA) is 25.1 Å². The highest BCUT2D eigenvalue weighted by Gasteiger charge is 2.22. The van der Waals surface area contributed by atoms with E-state index in [2.05, 4.69) is 0 Å². The normalized spacial score (nSPS) is 32.0. The molecular weight excluding hydrogens is 192 g/mol. The standard InChI is InChI=1S/C8H14O2S2/c1(7-5-9-7)3-11-12-4-2-8-6-10-8/h7-8H,1-6H2. The smallest absolute Gasteiger partial charge is 0.0818 e. The minimum absolute atomic E-state index is 0.602. The molecule has 0 spiro atoms. The molecule has 0 N–H and O–H groups in total. The molecular formula is C8H14O2S2. The molecule has 0 radical (unpaired) electrons. The summed E-state index contributed by atoms with van der Waals surface area (Å²) in [7, 11) is 3.94. The average molecular weight is 206 g/mol. The molecule has 2 aliphatic rings. The van der Waals surface area contributed by atoms with Gasteiger partial charge in [0.2, 0.25) is 0 Å². The summed E-state index contributed by atoms with van der Waals surface area (Å²) in [6, 6.07) is 0. The molecule has 0 aromatic heterocycles. The van der Waals surface area contributed by atoms with Gasteiger partial charge in [-0.2, -0.15) is 0 Å². The molecule has 2 rings (SSSR count). The van der Waals surface area contributed by atoms with Gasteiger partial charge in [-0.05, 0) is 12.8 Å². The van der Waals surface area contributed by atoms with Crippen LogP contribution in [0.5, 0.6) is 0 Å². The van der Waals surface area contributed by atoms with Crippen LogP contribution < -0.4 is 0 Å². The van der Waals surface area contributed by atoms with E-state index in [1.165, 1.54) is 24.3 Å². The molecule has 0 aromatic carbocycles. The van der Waals surface area contributed by atoms with Gasteiger partial charge >= 0.3 is 0 Å². The Balaban J connectivity index is 1.31. The van der Waals surface area contributed by atoms with Crippen molar-refractivity contribution >= 4 is 21.6 Å². The predicted octanol–water partition coefficient (Wildman–Crippen LogP) is 1.95. The first-order valence-electron chi connectivity index (χ1n) is 4.43. The van der Waals surface area contributed by atoms with Crippen molar-refractivity contribution in [3.8, 4) is 0 Å². The predicted molar refractivity (Wildman–Crippen MR) is 53.6 cm³/mol. The lowest BCUT2D eigenvalue weighted by atomic mass is 10.4. The zero-order chi connectivity index (χ0) is 8.23. The maximum absolute atomic E-state index is 5.12. The van der Waals surface area contributed by atoms with E-state index >= 15 is 0 Å². The van der Waals surface area contributed by atoms with E-state index in [1.54, 1.807) is 0 Å². The van der Waals surface area contributed by atoms with Gasteiger partial charge in [-0.15, -0.1) is 0 Å². The Kier molecular flexibility index (Phi) is 3.63. The van der Waals surface area contributed by atoms with Crippen LogP contribution in [-0.2, 0) is 9.47 Å². The molecule has 2 saturated heterocycles. The van der Waals surface area contributed by atoms with Gasteiger partial charge in [-0.1, -0.05) is 21.6 Å². The number of rotatable bonds is 7. The van der Waals surface area contributed by atoms with Gasteiger partial charge in [0.25, 0.3) is 0 Å². The van der Waals surface area contributed by atoms with E-state index in [4.69, 9.17) is 9.47 Å². The second-order valence-corrected chi connectivity index (χ2v) is 5.83. The van der Waals surface area contributed by atoms with Gasteiger partial charge in [-0.25, -0.2) is 0 Å². The number of epoxide rings is 2. The summed E-state index contributed by atoms with van der Waals surface area (Å²) in [6.07, 6.45) is 3.67. The Morgan fingerprint density at radius 3 is 1.67 bits per heavy atom. The van der Waals surface area contributed by atoms with Gasteiger partial charge in [0.15, 0.2) is 0 Å². The first kappa shape index (κ1) is 9.19.